The first-order valence-electron chi connectivity index (χ1n) is 2.71. The van der Waals surface area contributed by atoms with Crippen molar-refractivity contribution in [1.29, 1.82) is 0 Å². The van der Waals surface area contributed by atoms with Gasteiger partial charge in [-0.3, -0.25) is 0 Å². The molecule has 0 aliphatic rings. The molecule has 0 aromatic rings. The first kappa shape index (κ1) is 8.78. The minimum Gasteiger partial charge on any atom is -0.365 e. The molecule has 0 rings (SSSR count). The molecule has 0 bridgehead atoms. The second-order valence-electron chi connectivity index (χ2n) is 1.93. The molecule has 4 heteroatoms. The lowest BCUT2D eigenvalue weighted by molar-refractivity contribution is -0.186. The molecule has 0 saturated heterocycles. The van der Waals surface area contributed by atoms with Crippen LogP contribution in [0.3, 0.4) is 0 Å². The quantitative estimate of drug-likeness (QED) is 0.567. The normalized spacial score (nSPS) is 12.7. The molecule has 0 aromatic carbocycles. The molecule has 0 aliphatic heterocycles. The maximum atomic E-state index is 11.4. The third kappa shape index (κ3) is 4.29. The number of hydrogen-bond donors (Lipinski definition) is 2. The van der Waals surface area contributed by atoms with Crippen molar-refractivity contribution < 1.29 is 19.0 Å². The number of alkyl halides is 2. The Balaban J connectivity index is 3.58. The van der Waals surface area contributed by atoms with Gasteiger partial charge in [0.15, 0.2) is 5.79 Å². The molecule has 9 heavy (non-hydrogen) atoms. The molecular formula is C5H10F2O2. The fraction of sp³-hybridized carbons (Fsp3) is 1.00. The molecule has 0 aliphatic carbocycles. The summed E-state index contributed by atoms with van der Waals surface area (Å²) in [5, 5.41) is 17.1. The highest BCUT2D eigenvalue weighted by molar-refractivity contribution is 4.62. The standard InChI is InChI=1S/C5H10F2O2/c1-2-5(8,9)3-4(6)7/h4,8-9H,2-3H2,1H3. The van der Waals surface area contributed by atoms with Gasteiger partial charge in [0.05, 0.1) is 6.42 Å². The Hall–Kier alpha value is -0.220. The molecule has 2 N–H and O–H groups in total. The van der Waals surface area contributed by atoms with Gasteiger partial charge in [-0.15, -0.1) is 0 Å². The third-order valence-electron chi connectivity index (χ3n) is 1.05. The summed E-state index contributed by atoms with van der Waals surface area (Å²) in [6, 6.07) is 0. The van der Waals surface area contributed by atoms with Crippen molar-refractivity contribution in [2.24, 2.45) is 0 Å². The van der Waals surface area contributed by atoms with Crippen molar-refractivity contribution in [2.45, 2.75) is 32.0 Å². The summed E-state index contributed by atoms with van der Waals surface area (Å²) in [5.41, 5.74) is 0. The molecule has 0 saturated carbocycles. The fourth-order valence-electron chi connectivity index (χ4n) is 0.391. The zero-order valence-electron chi connectivity index (χ0n) is 5.14. The maximum Gasteiger partial charge on any atom is 0.243 e. The van der Waals surface area contributed by atoms with E-state index in [1.54, 1.807) is 0 Å². The molecule has 0 aromatic heterocycles. The summed E-state index contributed by atoms with van der Waals surface area (Å²) in [7, 11) is 0. The topological polar surface area (TPSA) is 40.5 Å². The van der Waals surface area contributed by atoms with E-state index in [-0.39, 0.29) is 6.42 Å². The van der Waals surface area contributed by atoms with E-state index in [1.807, 2.05) is 0 Å². The molecule has 0 heterocycles. The van der Waals surface area contributed by atoms with Gasteiger partial charge in [-0.05, 0) is 6.42 Å². The Bertz CT molecular complexity index is 83.0. The van der Waals surface area contributed by atoms with Crippen molar-refractivity contribution in [3.05, 3.63) is 0 Å². The van der Waals surface area contributed by atoms with E-state index in [0.717, 1.165) is 0 Å². The summed E-state index contributed by atoms with van der Waals surface area (Å²) in [6.07, 6.45) is -3.60. The molecule has 0 unspecified atom stereocenters. The monoisotopic (exact) mass is 140 g/mol. The lowest BCUT2D eigenvalue weighted by atomic mass is 10.1. The van der Waals surface area contributed by atoms with E-state index in [2.05, 4.69) is 0 Å². The van der Waals surface area contributed by atoms with E-state index in [1.165, 1.54) is 6.92 Å². The highest BCUT2D eigenvalue weighted by Gasteiger charge is 2.24. The molecule has 56 valence electrons. The Morgan fingerprint density at radius 3 is 2.00 bits per heavy atom. The largest absolute Gasteiger partial charge is 0.365 e. The van der Waals surface area contributed by atoms with Crippen LogP contribution in [-0.2, 0) is 0 Å². The van der Waals surface area contributed by atoms with Crippen LogP contribution in [0.1, 0.15) is 19.8 Å². The second kappa shape index (κ2) is 3.08. The van der Waals surface area contributed by atoms with Gasteiger partial charge >= 0.3 is 0 Å². The highest BCUT2D eigenvalue weighted by atomic mass is 19.3. The van der Waals surface area contributed by atoms with E-state index < -0.39 is 18.6 Å². The minimum atomic E-state index is -2.65. The van der Waals surface area contributed by atoms with Crippen LogP contribution >= 0.6 is 0 Å². The Labute approximate surface area is 52.1 Å². The SMILES string of the molecule is CCC(O)(O)CC(F)F. The lowest BCUT2D eigenvalue weighted by Crippen LogP contribution is -2.29. The average Bonchev–Trinajstić information content (AvgIpc) is 1.63. The van der Waals surface area contributed by atoms with Crippen molar-refractivity contribution in [3.8, 4) is 0 Å². The van der Waals surface area contributed by atoms with Crippen LogP contribution < -0.4 is 0 Å². The van der Waals surface area contributed by atoms with Crippen LogP contribution in [0.2, 0.25) is 0 Å². The first-order chi connectivity index (χ1) is 3.98. The highest BCUT2D eigenvalue weighted by Crippen LogP contribution is 2.15. The molecule has 0 fully saturated rings. The smallest absolute Gasteiger partial charge is 0.243 e. The molecule has 0 atom stereocenters. The van der Waals surface area contributed by atoms with Gasteiger partial charge in [-0.25, -0.2) is 8.78 Å². The Morgan fingerprint density at radius 1 is 1.44 bits per heavy atom. The van der Waals surface area contributed by atoms with E-state index in [4.69, 9.17) is 10.2 Å². The second-order valence-corrected chi connectivity index (χ2v) is 1.93. The van der Waals surface area contributed by atoms with Gasteiger partial charge in [0, 0.05) is 0 Å². The van der Waals surface area contributed by atoms with Gasteiger partial charge in [-0.2, -0.15) is 0 Å². The van der Waals surface area contributed by atoms with Crippen LogP contribution in [0, 0.1) is 0 Å². The van der Waals surface area contributed by atoms with Crippen LogP contribution in [-0.4, -0.2) is 22.4 Å². The van der Waals surface area contributed by atoms with Crippen molar-refractivity contribution >= 4 is 0 Å². The number of aliphatic hydroxyl groups is 2. The summed E-state index contributed by atoms with van der Waals surface area (Å²) >= 11 is 0. The van der Waals surface area contributed by atoms with Crippen molar-refractivity contribution in [2.75, 3.05) is 0 Å². The number of halogens is 2. The molecule has 0 amide bonds. The molecular weight excluding hydrogens is 130 g/mol. The number of rotatable bonds is 3. The minimum absolute atomic E-state index is 0.0721. The maximum absolute atomic E-state index is 11.4. The first-order valence-corrected chi connectivity index (χ1v) is 2.71. The van der Waals surface area contributed by atoms with E-state index >= 15 is 0 Å². The van der Waals surface area contributed by atoms with Gasteiger partial charge in [-0.1, -0.05) is 6.92 Å². The fourth-order valence-corrected chi connectivity index (χ4v) is 0.391. The van der Waals surface area contributed by atoms with Gasteiger partial charge < -0.3 is 10.2 Å². The van der Waals surface area contributed by atoms with E-state index in [9.17, 15) is 8.78 Å². The van der Waals surface area contributed by atoms with Gasteiger partial charge in [0.25, 0.3) is 0 Å². The average molecular weight is 140 g/mol. The summed E-state index contributed by atoms with van der Waals surface area (Å²) < 4.78 is 22.8. The van der Waals surface area contributed by atoms with Gasteiger partial charge in [0.2, 0.25) is 6.43 Å². The zero-order valence-corrected chi connectivity index (χ0v) is 5.14. The number of hydrogen-bond acceptors (Lipinski definition) is 2. The Kier molecular flexibility index (Phi) is 3.00. The third-order valence-corrected chi connectivity index (χ3v) is 1.05. The summed E-state index contributed by atoms with van der Waals surface area (Å²) in [4.78, 5) is 0. The predicted molar refractivity (Wildman–Crippen MR) is 28.1 cm³/mol. The van der Waals surface area contributed by atoms with Crippen LogP contribution in [0.25, 0.3) is 0 Å². The van der Waals surface area contributed by atoms with Crippen LogP contribution in [0.5, 0.6) is 0 Å². The molecule has 2 nitrogen and oxygen atoms in total. The molecule has 0 radical (unpaired) electrons. The zero-order chi connectivity index (χ0) is 7.49. The van der Waals surface area contributed by atoms with Crippen molar-refractivity contribution in [3.63, 3.8) is 0 Å². The van der Waals surface area contributed by atoms with Crippen LogP contribution in [0.15, 0.2) is 0 Å². The molecule has 0 spiro atoms. The summed E-state index contributed by atoms with van der Waals surface area (Å²) in [5.74, 6) is -2.19. The van der Waals surface area contributed by atoms with Gasteiger partial charge in [0.1, 0.15) is 0 Å². The summed E-state index contributed by atoms with van der Waals surface area (Å²) in [6.45, 7) is 1.43. The lowest BCUT2D eigenvalue weighted by Gasteiger charge is -2.18. The predicted octanol–water partition coefficient (Wildman–Crippen LogP) is 0.732. The Morgan fingerprint density at radius 2 is 1.89 bits per heavy atom. The van der Waals surface area contributed by atoms with E-state index in [0.29, 0.717) is 0 Å². The van der Waals surface area contributed by atoms with Crippen molar-refractivity contribution in [1.82, 2.24) is 0 Å². The van der Waals surface area contributed by atoms with Crippen LogP contribution in [0.4, 0.5) is 8.78 Å².